The summed E-state index contributed by atoms with van der Waals surface area (Å²) in [6.07, 6.45) is 4.73. The van der Waals surface area contributed by atoms with Crippen LogP contribution in [0, 0.1) is 13.8 Å². The number of pyridine rings is 1. The summed E-state index contributed by atoms with van der Waals surface area (Å²) in [5.41, 5.74) is 5.26. The van der Waals surface area contributed by atoms with Gasteiger partial charge >= 0.3 is 0 Å². The normalized spacial score (nSPS) is 16.4. The van der Waals surface area contributed by atoms with Crippen LogP contribution in [0.15, 0.2) is 41.2 Å². The van der Waals surface area contributed by atoms with Crippen molar-refractivity contribution in [3.05, 3.63) is 69.1 Å². The molecule has 1 saturated carbocycles. The third kappa shape index (κ3) is 4.41. The number of amides is 1. The summed E-state index contributed by atoms with van der Waals surface area (Å²) in [4.78, 5) is 31.3. The van der Waals surface area contributed by atoms with Gasteiger partial charge in [-0.2, -0.15) is 0 Å². The molecule has 192 valence electrons. The van der Waals surface area contributed by atoms with Gasteiger partial charge in [0.2, 0.25) is 6.79 Å². The molecule has 37 heavy (non-hydrogen) atoms. The molecule has 0 saturated heterocycles. The van der Waals surface area contributed by atoms with Crippen molar-refractivity contribution >= 4 is 11.6 Å². The second kappa shape index (κ2) is 9.50. The number of nitrogens with one attached hydrogen (secondary N) is 2. The molecule has 0 atom stereocenters. The summed E-state index contributed by atoms with van der Waals surface area (Å²) < 4.78 is 17.2. The number of hydrogen-bond acceptors (Lipinski definition) is 6. The summed E-state index contributed by atoms with van der Waals surface area (Å²) in [7, 11) is 0. The van der Waals surface area contributed by atoms with Crippen LogP contribution >= 0.6 is 0 Å². The Balaban J connectivity index is 1.39. The zero-order valence-corrected chi connectivity index (χ0v) is 21.2. The average molecular weight is 502 g/mol. The van der Waals surface area contributed by atoms with Crippen molar-refractivity contribution in [1.29, 1.82) is 0 Å². The number of anilines is 1. The van der Waals surface area contributed by atoms with Gasteiger partial charge in [-0.1, -0.05) is 18.9 Å². The first kappa shape index (κ1) is 23.5. The van der Waals surface area contributed by atoms with Crippen LogP contribution in [0.1, 0.15) is 52.9 Å². The zero-order chi connectivity index (χ0) is 25.5. The second-order valence-corrected chi connectivity index (χ2v) is 10.0. The minimum absolute atomic E-state index is 0.135. The van der Waals surface area contributed by atoms with Crippen molar-refractivity contribution in [2.75, 3.05) is 24.8 Å². The number of ether oxygens (including phenoxy) is 3. The number of nitrogens with zero attached hydrogens (tertiary/aromatic N) is 1. The van der Waals surface area contributed by atoms with Gasteiger partial charge in [-0.15, -0.1) is 0 Å². The molecule has 6 rings (SSSR count). The van der Waals surface area contributed by atoms with Crippen LogP contribution in [-0.4, -0.2) is 36.9 Å². The Kier molecular flexibility index (Phi) is 6.02. The number of rotatable bonds is 5. The maximum atomic E-state index is 13.6. The fourth-order valence-electron chi connectivity index (χ4n) is 5.72. The van der Waals surface area contributed by atoms with E-state index in [2.05, 4.69) is 21.3 Å². The van der Waals surface area contributed by atoms with E-state index in [4.69, 9.17) is 14.2 Å². The first-order valence-electron chi connectivity index (χ1n) is 12.9. The van der Waals surface area contributed by atoms with Gasteiger partial charge < -0.3 is 29.4 Å². The predicted octanol–water partition coefficient (Wildman–Crippen LogP) is 4.46. The third-order valence-electron chi connectivity index (χ3n) is 7.59. The highest BCUT2D eigenvalue weighted by Crippen LogP contribution is 2.44. The molecule has 2 aromatic carbocycles. The van der Waals surface area contributed by atoms with Crippen molar-refractivity contribution in [2.45, 2.75) is 52.1 Å². The Bertz CT molecular complexity index is 1420. The van der Waals surface area contributed by atoms with Crippen molar-refractivity contribution in [3.8, 4) is 28.4 Å². The van der Waals surface area contributed by atoms with Gasteiger partial charge in [0.1, 0.15) is 6.61 Å². The lowest BCUT2D eigenvalue weighted by atomic mass is 9.98. The number of H-pyrrole nitrogens is 1. The highest BCUT2D eigenvalue weighted by atomic mass is 16.7. The molecule has 0 unspecified atom stereocenters. The van der Waals surface area contributed by atoms with Crippen LogP contribution in [-0.2, 0) is 6.54 Å². The largest absolute Gasteiger partial charge is 0.489 e. The average Bonchev–Trinajstić information content (AvgIpc) is 3.59. The van der Waals surface area contributed by atoms with Crippen LogP contribution in [0.5, 0.6) is 17.2 Å². The zero-order valence-electron chi connectivity index (χ0n) is 21.2. The van der Waals surface area contributed by atoms with E-state index in [9.17, 15) is 9.59 Å². The van der Waals surface area contributed by atoms with Crippen LogP contribution in [0.2, 0.25) is 0 Å². The molecule has 8 nitrogen and oxygen atoms in total. The molecule has 2 aliphatic heterocycles. The van der Waals surface area contributed by atoms with Crippen LogP contribution in [0.25, 0.3) is 11.1 Å². The van der Waals surface area contributed by atoms with Crippen molar-refractivity contribution in [2.24, 2.45) is 0 Å². The second-order valence-electron chi connectivity index (χ2n) is 10.0. The quantitative estimate of drug-likeness (QED) is 0.536. The van der Waals surface area contributed by atoms with E-state index >= 15 is 0 Å². The van der Waals surface area contributed by atoms with Gasteiger partial charge in [-0.3, -0.25) is 9.59 Å². The van der Waals surface area contributed by atoms with E-state index in [0.29, 0.717) is 41.0 Å². The molecule has 3 aromatic rings. The number of hydrogen-bond donors (Lipinski definition) is 2. The van der Waals surface area contributed by atoms with Crippen molar-refractivity contribution < 1.29 is 19.0 Å². The molecule has 0 spiro atoms. The summed E-state index contributed by atoms with van der Waals surface area (Å²) in [5.74, 6) is 1.75. The molecule has 0 radical (unpaired) electrons. The lowest BCUT2D eigenvalue weighted by molar-refractivity contribution is 0.0946. The summed E-state index contributed by atoms with van der Waals surface area (Å²) in [6.45, 7) is 5.39. The first-order chi connectivity index (χ1) is 18.0. The van der Waals surface area contributed by atoms with Crippen LogP contribution in [0.3, 0.4) is 0 Å². The Morgan fingerprint density at radius 3 is 2.65 bits per heavy atom. The molecule has 3 aliphatic rings. The summed E-state index contributed by atoms with van der Waals surface area (Å²) in [6, 6.07) is 12.2. The highest BCUT2D eigenvalue weighted by molar-refractivity contribution is 6.01. The number of benzene rings is 2. The van der Waals surface area contributed by atoms with Gasteiger partial charge in [0.15, 0.2) is 17.2 Å². The van der Waals surface area contributed by atoms with E-state index in [-0.39, 0.29) is 24.8 Å². The highest BCUT2D eigenvalue weighted by Gasteiger charge is 2.31. The van der Waals surface area contributed by atoms with Crippen LogP contribution in [0.4, 0.5) is 5.69 Å². The fourth-order valence-corrected chi connectivity index (χ4v) is 5.72. The van der Waals surface area contributed by atoms with Gasteiger partial charge in [0, 0.05) is 23.8 Å². The van der Waals surface area contributed by atoms with E-state index < -0.39 is 0 Å². The monoisotopic (exact) mass is 501 g/mol. The maximum Gasteiger partial charge on any atom is 0.255 e. The standard InChI is InChI=1S/C29H31N3O5/c1-17-11-18(2)31-29(34)23(17)15-30-28(33)22-12-20(19-7-8-25-26(14-19)37-16-36-25)13-24-27(22)35-10-9-32(24)21-5-3-4-6-21/h7-8,11-14,21H,3-6,9-10,15-16H2,1-2H3,(H,30,33)(H,31,34). The topological polar surface area (TPSA) is 92.9 Å². The predicted molar refractivity (Wildman–Crippen MR) is 141 cm³/mol. The fraction of sp³-hybridized carbons (Fsp3) is 0.379. The third-order valence-corrected chi connectivity index (χ3v) is 7.59. The molecule has 1 fully saturated rings. The Morgan fingerprint density at radius 2 is 1.84 bits per heavy atom. The van der Waals surface area contributed by atoms with E-state index in [1.807, 2.05) is 44.2 Å². The van der Waals surface area contributed by atoms with E-state index in [0.717, 1.165) is 47.5 Å². The Hall–Kier alpha value is -3.94. The first-order valence-corrected chi connectivity index (χ1v) is 12.9. The molecule has 1 aliphatic carbocycles. The molecule has 0 bridgehead atoms. The van der Waals surface area contributed by atoms with Gasteiger partial charge in [0.05, 0.1) is 17.8 Å². The minimum atomic E-state index is -0.272. The summed E-state index contributed by atoms with van der Waals surface area (Å²) in [5, 5.41) is 2.97. The molecule has 1 amide bonds. The van der Waals surface area contributed by atoms with E-state index in [1.54, 1.807) is 0 Å². The number of aromatic nitrogens is 1. The maximum absolute atomic E-state index is 13.6. The van der Waals surface area contributed by atoms with E-state index in [1.165, 1.54) is 12.8 Å². The lowest BCUT2D eigenvalue weighted by Gasteiger charge is -2.37. The van der Waals surface area contributed by atoms with Crippen molar-refractivity contribution in [3.63, 3.8) is 0 Å². The number of carbonyl (C=O) groups is 1. The molecule has 1 aromatic heterocycles. The van der Waals surface area contributed by atoms with Crippen LogP contribution < -0.4 is 30.0 Å². The summed E-state index contributed by atoms with van der Waals surface area (Å²) >= 11 is 0. The SMILES string of the molecule is Cc1cc(C)c(CNC(=O)c2cc(-c3ccc4c(c3)OCO4)cc3c2OCCN3C2CCCC2)c(=O)[nH]1. The molecular weight excluding hydrogens is 470 g/mol. The number of aryl methyl sites for hydroxylation is 2. The van der Waals surface area contributed by atoms with Gasteiger partial charge in [0.25, 0.3) is 11.5 Å². The molecule has 8 heteroatoms. The lowest BCUT2D eigenvalue weighted by Crippen LogP contribution is -2.40. The number of aromatic amines is 1. The number of fused-ring (bicyclic) bond motifs is 2. The Labute approximate surface area is 215 Å². The Morgan fingerprint density at radius 1 is 1.03 bits per heavy atom. The molecule has 3 heterocycles. The number of carbonyl (C=O) groups excluding carboxylic acids is 1. The smallest absolute Gasteiger partial charge is 0.255 e. The molecule has 2 N–H and O–H groups in total. The molecular formula is C29H31N3O5. The van der Waals surface area contributed by atoms with Crippen molar-refractivity contribution in [1.82, 2.24) is 10.3 Å². The van der Waals surface area contributed by atoms with Gasteiger partial charge in [-0.25, -0.2) is 0 Å². The minimum Gasteiger partial charge on any atom is -0.489 e. The van der Waals surface area contributed by atoms with Gasteiger partial charge in [-0.05, 0) is 73.7 Å².